The van der Waals surface area contributed by atoms with Gasteiger partial charge in [-0.15, -0.1) is 0 Å². The Morgan fingerprint density at radius 2 is 0.762 bits per heavy atom. The molecule has 16 aromatic rings. The van der Waals surface area contributed by atoms with Crippen LogP contribution in [0.15, 0.2) is 249 Å². The van der Waals surface area contributed by atoms with Gasteiger partial charge in [-0.2, -0.15) is 5.26 Å². The number of rotatable bonds is 7. The summed E-state index contributed by atoms with van der Waals surface area (Å²) in [6, 6.07) is 88.2. The van der Waals surface area contributed by atoms with Gasteiger partial charge in [0, 0.05) is 71.2 Å². The third kappa shape index (κ3) is 6.59. The molecule has 0 aliphatic heterocycles. The van der Waals surface area contributed by atoms with Crippen molar-refractivity contribution in [1.29, 1.82) is 5.26 Å². The number of hydrogen-bond donors (Lipinski definition) is 0. The molecule has 0 amide bonds. The van der Waals surface area contributed by atoms with E-state index < -0.39 is 0 Å². The Balaban J connectivity index is 0.980. The maximum atomic E-state index is 10.7. The van der Waals surface area contributed by atoms with Gasteiger partial charge in [0.2, 0.25) is 0 Å². The fraction of sp³-hybridized carbons (Fsp3) is 0. The molecule has 370 valence electrons. The molecule has 16 rings (SSSR count). The summed E-state index contributed by atoms with van der Waals surface area (Å²) in [6.45, 7) is 8.37. The normalized spacial score (nSPS) is 11.7. The van der Waals surface area contributed by atoms with Crippen molar-refractivity contribution in [3.63, 3.8) is 0 Å². The molecule has 0 saturated heterocycles. The third-order valence-electron chi connectivity index (χ3n) is 15.8. The number of fused-ring (bicyclic) bond motifs is 14. The van der Waals surface area contributed by atoms with Gasteiger partial charge in [-0.3, -0.25) is 0 Å². The van der Waals surface area contributed by atoms with Crippen molar-refractivity contribution in [2.45, 2.75) is 0 Å². The summed E-state index contributed by atoms with van der Waals surface area (Å²) in [5.74, 6) is 1.21. The molecule has 5 heterocycles. The van der Waals surface area contributed by atoms with Gasteiger partial charge < -0.3 is 18.3 Å². The van der Waals surface area contributed by atoms with E-state index in [1.807, 2.05) is 66.7 Å². The highest BCUT2D eigenvalue weighted by molar-refractivity contribution is 6.28. The second-order valence-corrected chi connectivity index (χ2v) is 20.1. The van der Waals surface area contributed by atoms with E-state index in [-0.39, 0.29) is 0 Å². The summed E-state index contributed by atoms with van der Waals surface area (Å²) >= 11 is 0. The van der Waals surface area contributed by atoms with E-state index in [4.69, 9.17) is 21.5 Å². The van der Waals surface area contributed by atoms with Crippen LogP contribution in [0.3, 0.4) is 0 Å². The van der Waals surface area contributed by atoms with E-state index in [1.165, 1.54) is 10.8 Å². The Kier molecular flexibility index (Phi) is 9.86. The fourth-order valence-electron chi connectivity index (χ4n) is 12.5. The first-order valence-electron chi connectivity index (χ1n) is 26.5. The average Bonchev–Trinajstić information content (AvgIpc) is 3.92. The van der Waals surface area contributed by atoms with Crippen molar-refractivity contribution in [3.8, 4) is 63.0 Å². The summed E-state index contributed by atoms with van der Waals surface area (Å²) in [7, 11) is 0. The van der Waals surface area contributed by atoms with Crippen LogP contribution in [-0.4, -0.2) is 33.2 Å². The van der Waals surface area contributed by atoms with Gasteiger partial charge in [-0.1, -0.05) is 158 Å². The molecule has 5 aromatic heterocycles. The molecule has 0 spiro atoms. The SMILES string of the molecule is [C-]#[N+]c1ccc(-n2c3ccccc3c3c2ccc2c4ccccc4n(-c4ccccc4)c23)c(-c2nc(-c3ccccc3)nc(-c3cc(C#N)ccc3-n3c4ccccc4c4c3ccc3c5ccccc5n(-c5ccccc5)c34)n2)c1. The van der Waals surface area contributed by atoms with Crippen molar-refractivity contribution in [3.05, 3.63) is 266 Å². The second kappa shape index (κ2) is 17.6. The number of hydrogen-bond acceptors (Lipinski definition) is 4. The lowest BCUT2D eigenvalue weighted by atomic mass is 10.1. The zero-order chi connectivity index (χ0) is 53.0. The lowest BCUT2D eigenvalue weighted by molar-refractivity contribution is 1.06. The molecule has 0 radical (unpaired) electrons. The monoisotopic (exact) mass is 1020 g/mol. The predicted octanol–water partition coefficient (Wildman–Crippen LogP) is 17.7. The molecular weight excluding hydrogens is 979 g/mol. The average molecular weight is 1020 g/mol. The molecule has 9 nitrogen and oxygen atoms in total. The van der Waals surface area contributed by atoms with Gasteiger partial charge in [0.1, 0.15) is 0 Å². The molecule has 0 aliphatic rings. The van der Waals surface area contributed by atoms with E-state index in [0.29, 0.717) is 39.9 Å². The molecule has 80 heavy (non-hydrogen) atoms. The molecule has 0 unspecified atom stereocenters. The summed E-state index contributed by atoms with van der Waals surface area (Å²) in [5.41, 5.74) is 15.1. The Labute approximate surface area is 457 Å². The van der Waals surface area contributed by atoms with Crippen molar-refractivity contribution in [1.82, 2.24) is 33.2 Å². The molecule has 11 aromatic carbocycles. The number of aromatic nitrogens is 7. The lowest BCUT2D eigenvalue weighted by Gasteiger charge is -2.17. The summed E-state index contributed by atoms with van der Waals surface area (Å²) in [4.78, 5) is 20.2. The molecule has 9 heteroatoms. The van der Waals surface area contributed by atoms with E-state index in [9.17, 15) is 5.26 Å². The Hall–Kier alpha value is -11.4. The molecule has 0 aliphatic carbocycles. The van der Waals surface area contributed by atoms with E-state index in [0.717, 1.165) is 105 Å². The van der Waals surface area contributed by atoms with Gasteiger partial charge in [0.15, 0.2) is 23.2 Å². The molecule has 0 N–H and O–H groups in total. The van der Waals surface area contributed by atoms with E-state index in [2.05, 4.69) is 211 Å². The minimum absolute atomic E-state index is 0.377. The first kappa shape index (κ1) is 44.9. The van der Waals surface area contributed by atoms with Crippen LogP contribution in [0.25, 0.3) is 149 Å². The van der Waals surface area contributed by atoms with Gasteiger partial charge in [-0.05, 0) is 91.0 Å². The van der Waals surface area contributed by atoms with Crippen molar-refractivity contribution >= 4 is 92.9 Å². The smallest absolute Gasteiger partial charge is 0.188 e. The van der Waals surface area contributed by atoms with Crippen LogP contribution in [0.5, 0.6) is 0 Å². The Morgan fingerprint density at radius 1 is 0.350 bits per heavy atom. The number of benzene rings is 11. The van der Waals surface area contributed by atoms with Crippen LogP contribution in [0.2, 0.25) is 0 Å². The zero-order valence-corrected chi connectivity index (χ0v) is 42.7. The molecular formula is C71H41N9. The first-order valence-corrected chi connectivity index (χ1v) is 26.5. The van der Waals surface area contributed by atoms with Crippen LogP contribution in [-0.2, 0) is 0 Å². The van der Waals surface area contributed by atoms with Gasteiger partial charge in [0.25, 0.3) is 0 Å². The van der Waals surface area contributed by atoms with Crippen LogP contribution in [0.1, 0.15) is 5.56 Å². The van der Waals surface area contributed by atoms with E-state index in [1.54, 1.807) is 0 Å². The maximum Gasteiger partial charge on any atom is 0.188 e. The van der Waals surface area contributed by atoms with Gasteiger partial charge in [-0.25, -0.2) is 19.8 Å². The van der Waals surface area contributed by atoms with Crippen LogP contribution in [0, 0.1) is 17.9 Å². The minimum Gasteiger partial charge on any atom is -0.309 e. The maximum absolute atomic E-state index is 10.7. The molecule has 0 atom stereocenters. The predicted molar refractivity (Wildman–Crippen MR) is 324 cm³/mol. The highest BCUT2D eigenvalue weighted by Gasteiger charge is 2.27. The van der Waals surface area contributed by atoms with Crippen LogP contribution < -0.4 is 0 Å². The van der Waals surface area contributed by atoms with Crippen LogP contribution >= 0.6 is 0 Å². The minimum atomic E-state index is 0.377. The van der Waals surface area contributed by atoms with Crippen molar-refractivity contribution < 1.29 is 0 Å². The summed E-state index contributed by atoms with van der Waals surface area (Å²) in [5, 5.41) is 19.7. The van der Waals surface area contributed by atoms with Crippen LogP contribution in [0.4, 0.5) is 5.69 Å². The molecule has 0 saturated carbocycles. The third-order valence-corrected chi connectivity index (χ3v) is 15.8. The number of nitrogens with zero attached hydrogens (tertiary/aromatic N) is 9. The van der Waals surface area contributed by atoms with Gasteiger partial charge >= 0.3 is 0 Å². The quantitative estimate of drug-likeness (QED) is 0.149. The zero-order valence-electron chi connectivity index (χ0n) is 42.7. The fourth-order valence-corrected chi connectivity index (χ4v) is 12.5. The van der Waals surface area contributed by atoms with Crippen molar-refractivity contribution in [2.24, 2.45) is 0 Å². The molecule has 0 fully saturated rings. The highest BCUT2D eigenvalue weighted by atomic mass is 15.1. The standard InChI is InChI=1S/C71H41N9/c1-73-46-34-38-62(80-60-32-18-14-28-54(60)66-64(80)40-36-52-50-26-12-16-30-58(50)78(68(52)66)48-23-9-4-10-24-48)56(42-46)71-75-69(45-19-5-2-6-20-45)74-70(76-71)55-41-44(43-72)33-37-61(55)79-59-31-17-13-27-53(59)65-63(79)39-35-51-49-25-11-15-29-57(49)77(67(51)65)47-21-7-3-8-22-47/h2-42H. The number of para-hydroxylation sites is 6. The molecule has 0 bridgehead atoms. The number of nitriles is 1. The largest absolute Gasteiger partial charge is 0.309 e. The topological polar surface area (TPSA) is 86.5 Å². The first-order chi connectivity index (χ1) is 39.6. The lowest BCUT2D eigenvalue weighted by Crippen LogP contribution is -2.06. The summed E-state index contributed by atoms with van der Waals surface area (Å²) < 4.78 is 9.34. The highest BCUT2D eigenvalue weighted by Crippen LogP contribution is 2.46. The Bertz CT molecular complexity index is 5010. The second-order valence-electron chi connectivity index (χ2n) is 20.1. The van der Waals surface area contributed by atoms with Crippen molar-refractivity contribution in [2.75, 3.05) is 0 Å². The van der Waals surface area contributed by atoms with E-state index >= 15 is 0 Å². The summed E-state index contributed by atoms with van der Waals surface area (Å²) in [6.07, 6.45) is 0. The Morgan fingerprint density at radius 3 is 1.25 bits per heavy atom. The van der Waals surface area contributed by atoms with Gasteiger partial charge in [0.05, 0.1) is 73.7 Å².